The van der Waals surface area contributed by atoms with Gasteiger partial charge in [-0.15, -0.1) is 21.9 Å². The first-order chi connectivity index (χ1) is 26.9. The van der Waals surface area contributed by atoms with Crippen molar-refractivity contribution in [3.05, 3.63) is 120 Å². The summed E-state index contributed by atoms with van der Waals surface area (Å²) < 4.78 is 6.35. The molecule has 1 heterocycles. The van der Waals surface area contributed by atoms with Crippen LogP contribution in [0.15, 0.2) is 114 Å². The van der Waals surface area contributed by atoms with Gasteiger partial charge in [-0.05, 0) is 95.4 Å². The van der Waals surface area contributed by atoms with Crippen molar-refractivity contribution in [3.8, 4) is 44.5 Å². The van der Waals surface area contributed by atoms with Crippen molar-refractivity contribution >= 4 is 150 Å². The fourth-order valence-corrected chi connectivity index (χ4v) is 9.32. The normalized spacial score (nSPS) is 13.2. The lowest BCUT2D eigenvalue weighted by Gasteiger charge is -2.29. The molecule has 16 radical (unpaired) electrons. The smallest absolute Gasteiger partial charge is 0.136 e. The lowest BCUT2D eigenvalue weighted by molar-refractivity contribution is 0.660. The zero-order chi connectivity index (χ0) is 38.9. The summed E-state index contributed by atoms with van der Waals surface area (Å²) >= 11 is 0. The van der Waals surface area contributed by atoms with Gasteiger partial charge < -0.3 is 4.42 Å². The molecule has 10 rings (SSSR count). The van der Waals surface area contributed by atoms with E-state index in [4.69, 9.17) is 67.2 Å². The third-order valence-corrected chi connectivity index (χ3v) is 12.1. The van der Waals surface area contributed by atoms with E-state index in [-0.39, 0.29) is 49.1 Å². The molecule has 0 spiro atoms. The molecule has 9 aromatic rings. The lowest BCUT2D eigenvalue weighted by atomic mass is 9.59. The maximum atomic E-state index is 7.10. The molecule has 0 atom stereocenters. The molecule has 0 amide bonds. The Labute approximate surface area is 336 Å². The molecule has 0 aliphatic heterocycles. The van der Waals surface area contributed by atoms with E-state index in [9.17, 15) is 0 Å². The molecule has 242 valence electrons. The molecule has 0 saturated heterocycles. The van der Waals surface area contributed by atoms with Crippen LogP contribution in [0, 0.1) is 0 Å². The van der Waals surface area contributed by atoms with Crippen LogP contribution in [0.4, 0.5) is 0 Å². The average Bonchev–Trinajstić information content (AvgIpc) is 3.71. The van der Waals surface area contributed by atoms with Crippen molar-refractivity contribution < 1.29 is 4.42 Å². The van der Waals surface area contributed by atoms with Gasteiger partial charge in [-0.1, -0.05) is 127 Å². The molecule has 0 N–H and O–H groups in total. The molecule has 1 nitrogen and oxygen atoms in total. The molecule has 8 aromatic carbocycles. The summed E-state index contributed by atoms with van der Waals surface area (Å²) in [6.07, 6.45) is 0. The molecular weight excluding hydrogens is 667 g/mol. The highest BCUT2D eigenvalue weighted by atomic mass is 16.3. The second-order valence-electron chi connectivity index (χ2n) is 15.3. The van der Waals surface area contributed by atoms with Crippen LogP contribution in [0.5, 0.6) is 0 Å². The monoisotopic (exact) mass is 692 g/mol. The van der Waals surface area contributed by atoms with E-state index in [1.165, 1.54) is 22.3 Å². The van der Waals surface area contributed by atoms with E-state index in [2.05, 4.69) is 68.4 Å². The molecule has 0 fully saturated rings. The standard InChI is InChI=1S/C47H24B8O/c1-47(2)27-16-5-3-12-24(27)32-23(14-8-17-28(32)47)21-10-7-11-22(20-21)31-35-37(41(50)45(54)43(52)39(35)48)34(38-36(31)40(49)44(53)46(55)42(38)51)26-15-9-19-30-33(26)25-13-4-6-18-29(25)56-30/h3-20H,1-2H3. The van der Waals surface area contributed by atoms with Gasteiger partial charge in [-0.2, -0.15) is 0 Å². The van der Waals surface area contributed by atoms with Crippen molar-refractivity contribution in [1.29, 1.82) is 0 Å². The van der Waals surface area contributed by atoms with Gasteiger partial charge in [0.2, 0.25) is 0 Å². The lowest BCUT2D eigenvalue weighted by Crippen LogP contribution is -2.50. The molecule has 9 heteroatoms. The fraction of sp³-hybridized carbons (Fsp3) is 0.0638. The van der Waals surface area contributed by atoms with E-state index in [1.54, 1.807) is 0 Å². The predicted octanol–water partition coefficient (Wildman–Crippen LogP) is 3.55. The van der Waals surface area contributed by atoms with Gasteiger partial charge in [0.05, 0.1) is 0 Å². The second kappa shape index (κ2) is 12.3. The summed E-state index contributed by atoms with van der Waals surface area (Å²) in [4.78, 5) is 0. The van der Waals surface area contributed by atoms with Crippen LogP contribution in [-0.2, 0) is 5.41 Å². The van der Waals surface area contributed by atoms with Gasteiger partial charge in [-0.3, -0.25) is 0 Å². The maximum absolute atomic E-state index is 7.10. The van der Waals surface area contributed by atoms with Crippen LogP contribution in [0.2, 0.25) is 0 Å². The van der Waals surface area contributed by atoms with Crippen molar-refractivity contribution in [2.75, 3.05) is 0 Å². The molecule has 0 saturated carbocycles. The number of hydrogen-bond donors (Lipinski definition) is 0. The molecule has 1 aromatic heterocycles. The van der Waals surface area contributed by atoms with Crippen LogP contribution in [-0.4, -0.2) is 62.8 Å². The second-order valence-corrected chi connectivity index (χ2v) is 15.3. The molecule has 56 heavy (non-hydrogen) atoms. The van der Waals surface area contributed by atoms with Crippen LogP contribution in [0.3, 0.4) is 0 Å². The minimum Gasteiger partial charge on any atom is -0.456 e. The summed E-state index contributed by atoms with van der Waals surface area (Å²) in [6, 6.07) is 37.1. The summed E-state index contributed by atoms with van der Waals surface area (Å²) in [7, 11) is 55.2. The summed E-state index contributed by atoms with van der Waals surface area (Å²) in [5, 5.41) is 4.01. The van der Waals surface area contributed by atoms with Gasteiger partial charge in [0.1, 0.15) is 73.9 Å². The minimum absolute atomic E-state index is 0.163. The van der Waals surface area contributed by atoms with E-state index < -0.39 is 0 Å². The molecule has 0 bridgehead atoms. The number of furan rings is 1. The van der Waals surface area contributed by atoms with E-state index in [1.807, 2.05) is 54.6 Å². The Morgan fingerprint density at radius 1 is 0.375 bits per heavy atom. The third-order valence-electron chi connectivity index (χ3n) is 12.1. The quantitative estimate of drug-likeness (QED) is 0.204. The van der Waals surface area contributed by atoms with Crippen molar-refractivity contribution in [3.63, 3.8) is 0 Å². The Bertz CT molecular complexity index is 3130. The first-order valence-electron chi connectivity index (χ1n) is 18.4. The van der Waals surface area contributed by atoms with E-state index in [0.717, 1.165) is 38.6 Å². The Morgan fingerprint density at radius 2 is 0.857 bits per heavy atom. The Kier molecular flexibility index (Phi) is 7.70. The minimum atomic E-state index is -0.169. The van der Waals surface area contributed by atoms with Crippen LogP contribution >= 0.6 is 0 Å². The first-order valence-corrected chi connectivity index (χ1v) is 18.4. The molecular formula is C47H24B8O. The van der Waals surface area contributed by atoms with Crippen LogP contribution < -0.4 is 43.7 Å². The maximum Gasteiger partial charge on any atom is 0.136 e. The highest BCUT2D eigenvalue weighted by Gasteiger charge is 2.36. The SMILES string of the molecule is [B]c1c([B])c([B])c2c(-c3cccc4oc5ccccc5c34)c3c([B])c([B])c([B])c([B])c3c(-c3cccc(-c4cccc5c4-c4ccccc4C5(C)C)c3)c2c1[B]. The van der Waals surface area contributed by atoms with Gasteiger partial charge in [-0.25, -0.2) is 0 Å². The summed E-state index contributed by atoms with van der Waals surface area (Å²) in [5.74, 6) is 0. The molecule has 1 aliphatic carbocycles. The molecule has 1 aliphatic rings. The highest BCUT2D eigenvalue weighted by Crippen LogP contribution is 2.52. The predicted molar refractivity (Wildman–Crippen MR) is 246 cm³/mol. The van der Waals surface area contributed by atoms with Crippen molar-refractivity contribution in [1.82, 2.24) is 0 Å². The fourth-order valence-electron chi connectivity index (χ4n) is 9.32. The Hall–Kier alpha value is -5.40. The number of para-hydroxylation sites is 1. The topological polar surface area (TPSA) is 13.1 Å². The first kappa shape index (κ1) is 35.0. The molecule has 0 unspecified atom stereocenters. The zero-order valence-corrected chi connectivity index (χ0v) is 30.9. The van der Waals surface area contributed by atoms with Gasteiger partial charge in [0.25, 0.3) is 0 Å². The largest absolute Gasteiger partial charge is 0.456 e. The third kappa shape index (κ3) is 4.61. The van der Waals surface area contributed by atoms with E-state index >= 15 is 0 Å². The number of benzene rings is 8. The zero-order valence-electron chi connectivity index (χ0n) is 30.9. The van der Waals surface area contributed by atoms with Gasteiger partial charge >= 0.3 is 0 Å². The van der Waals surface area contributed by atoms with Gasteiger partial charge in [0, 0.05) is 16.2 Å². The summed E-state index contributed by atoms with van der Waals surface area (Å²) in [6.45, 7) is 4.55. The Balaban J connectivity index is 1.39. The van der Waals surface area contributed by atoms with Crippen molar-refractivity contribution in [2.24, 2.45) is 0 Å². The number of hydrogen-bond acceptors (Lipinski definition) is 1. The van der Waals surface area contributed by atoms with Crippen molar-refractivity contribution in [2.45, 2.75) is 19.3 Å². The highest BCUT2D eigenvalue weighted by molar-refractivity contribution is 6.71. The van der Waals surface area contributed by atoms with Crippen LogP contribution in [0.1, 0.15) is 25.0 Å². The number of fused-ring (bicyclic) bond motifs is 8. The number of rotatable bonds is 3. The Morgan fingerprint density at radius 3 is 1.54 bits per heavy atom. The average molecular weight is 691 g/mol. The van der Waals surface area contributed by atoms with Crippen LogP contribution in [0.25, 0.3) is 88.0 Å². The van der Waals surface area contributed by atoms with Gasteiger partial charge in [0.15, 0.2) is 0 Å². The van der Waals surface area contributed by atoms with E-state index in [0.29, 0.717) is 38.3 Å². The summed E-state index contributed by atoms with van der Waals surface area (Å²) in [5.41, 5.74) is 12.8.